The molecular weight excluding hydrogens is 361 g/mol. The van der Waals surface area contributed by atoms with Crippen LogP contribution in [0.15, 0.2) is 47.5 Å². The predicted octanol–water partition coefficient (Wildman–Crippen LogP) is 4.75. The number of thioether (sulfide) groups is 1. The third-order valence-corrected chi connectivity index (χ3v) is 4.84. The van der Waals surface area contributed by atoms with Gasteiger partial charge in [-0.15, -0.1) is 0 Å². The Hall–Kier alpha value is -2.47. The van der Waals surface area contributed by atoms with Crippen LogP contribution < -0.4 is 5.32 Å². The number of hydrogen-bond donors (Lipinski definition) is 1. The minimum Gasteiger partial charge on any atom is -0.351 e. The van der Waals surface area contributed by atoms with Gasteiger partial charge in [0.15, 0.2) is 5.82 Å². The van der Waals surface area contributed by atoms with Crippen LogP contribution in [0.1, 0.15) is 26.3 Å². The van der Waals surface area contributed by atoms with Crippen LogP contribution >= 0.6 is 11.8 Å². The van der Waals surface area contributed by atoms with Gasteiger partial charge in [-0.2, -0.15) is 0 Å². The smallest absolute Gasteiger partial charge is 0.230 e. The van der Waals surface area contributed by atoms with Gasteiger partial charge in [0.1, 0.15) is 10.8 Å². The molecule has 3 rings (SSSR count). The first-order valence-corrected chi connectivity index (χ1v) is 9.68. The molecule has 0 unspecified atom stereocenters. The van der Waals surface area contributed by atoms with Crippen LogP contribution in [-0.2, 0) is 4.79 Å². The van der Waals surface area contributed by atoms with E-state index in [2.05, 4.69) is 15.3 Å². The maximum absolute atomic E-state index is 13.3. The Balaban J connectivity index is 1.99. The van der Waals surface area contributed by atoms with Crippen LogP contribution in [0.4, 0.5) is 4.39 Å². The topological polar surface area (TPSA) is 54.9 Å². The zero-order valence-electron chi connectivity index (χ0n) is 15.8. The second-order valence-corrected chi connectivity index (χ2v) is 8.38. The van der Waals surface area contributed by atoms with Crippen molar-refractivity contribution in [2.75, 3.05) is 5.75 Å². The maximum atomic E-state index is 13.3. The maximum Gasteiger partial charge on any atom is 0.230 e. The molecule has 2 aromatic carbocycles. The van der Waals surface area contributed by atoms with Crippen LogP contribution in [0.3, 0.4) is 0 Å². The summed E-state index contributed by atoms with van der Waals surface area (Å²) in [5, 5.41) is 4.61. The van der Waals surface area contributed by atoms with Crippen LogP contribution in [0.2, 0.25) is 0 Å². The van der Waals surface area contributed by atoms with Crippen LogP contribution in [0.25, 0.3) is 22.3 Å². The van der Waals surface area contributed by atoms with Crippen molar-refractivity contribution in [1.82, 2.24) is 15.3 Å². The highest BCUT2D eigenvalue weighted by Gasteiger charge is 2.16. The van der Waals surface area contributed by atoms with Crippen molar-refractivity contribution in [2.45, 2.75) is 38.3 Å². The number of para-hydroxylation sites is 1. The van der Waals surface area contributed by atoms with Gasteiger partial charge in [0, 0.05) is 16.5 Å². The van der Waals surface area contributed by atoms with E-state index in [1.807, 2.05) is 45.9 Å². The summed E-state index contributed by atoms with van der Waals surface area (Å²) in [7, 11) is 0. The van der Waals surface area contributed by atoms with Gasteiger partial charge in [-0.05, 0) is 57.5 Å². The monoisotopic (exact) mass is 383 g/mol. The van der Waals surface area contributed by atoms with Gasteiger partial charge in [0.25, 0.3) is 0 Å². The molecule has 0 radical (unpaired) electrons. The van der Waals surface area contributed by atoms with E-state index < -0.39 is 0 Å². The number of rotatable bonds is 4. The second-order valence-electron chi connectivity index (χ2n) is 7.42. The van der Waals surface area contributed by atoms with E-state index in [1.165, 1.54) is 23.9 Å². The Labute approximate surface area is 162 Å². The fourth-order valence-electron chi connectivity index (χ4n) is 2.69. The molecule has 4 nitrogen and oxygen atoms in total. The van der Waals surface area contributed by atoms with E-state index >= 15 is 0 Å². The van der Waals surface area contributed by atoms with Crippen LogP contribution in [0.5, 0.6) is 0 Å². The fourth-order valence-corrected chi connectivity index (χ4v) is 3.50. The normalized spacial score (nSPS) is 11.6. The Morgan fingerprint density at radius 1 is 1.11 bits per heavy atom. The number of amides is 1. The average molecular weight is 383 g/mol. The molecule has 0 saturated heterocycles. The molecule has 1 amide bonds. The number of aryl methyl sites for hydroxylation is 1. The SMILES string of the molecule is Cc1cccc2c(SCC(=O)NC(C)(C)C)nc(-c3ccc(F)cc3)nc12. The van der Waals surface area contributed by atoms with Crippen molar-refractivity contribution in [2.24, 2.45) is 0 Å². The zero-order chi connectivity index (χ0) is 19.6. The minimum atomic E-state index is -0.302. The molecular formula is C21H22FN3OS. The second kappa shape index (κ2) is 7.64. The lowest BCUT2D eigenvalue weighted by molar-refractivity contribution is -0.119. The highest BCUT2D eigenvalue weighted by Crippen LogP contribution is 2.30. The molecule has 0 aliphatic rings. The number of aromatic nitrogens is 2. The van der Waals surface area contributed by atoms with Crippen molar-refractivity contribution >= 4 is 28.6 Å². The summed E-state index contributed by atoms with van der Waals surface area (Å²) in [5.74, 6) is 0.440. The van der Waals surface area contributed by atoms with Gasteiger partial charge in [-0.25, -0.2) is 14.4 Å². The van der Waals surface area contributed by atoms with E-state index in [0.717, 1.165) is 27.1 Å². The number of hydrogen-bond acceptors (Lipinski definition) is 4. The van der Waals surface area contributed by atoms with Gasteiger partial charge < -0.3 is 5.32 Å². The van der Waals surface area contributed by atoms with Crippen LogP contribution in [-0.4, -0.2) is 27.2 Å². The number of benzene rings is 2. The number of nitrogens with one attached hydrogen (secondary N) is 1. The summed E-state index contributed by atoms with van der Waals surface area (Å²) < 4.78 is 13.3. The van der Waals surface area contributed by atoms with E-state index in [1.54, 1.807) is 12.1 Å². The molecule has 0 bridgehead atoms. The Morgan fingerprint density at radius 2 is 1.81 bits per heavy atom. The lowest BCUT2D eigenvalue weighted by atomic mass is 10.1. The van der Waals surface area contributed by atoms with Gasteiger partial charge >= 0.3 is 0 Å². The van der Waals surface area contributed by atoms with E-state index in [4.69, 9.17) is 0 Å². The first kappa shape index (κ1) is 19.3. The summed E-state index contributed by atoms with van der Waals surface area (Å²) in [6, 6.07) is 12.0. The molecule has 0 spiro atoms. The van der Waals surface area contributed by atoms with Crippen LogP contribution in [0, 0.1) is 12.7 Å². The quantitative estimate of drug-likeness (QED) is 0.522. The molecule has 27 heavy (non-hydrogen) atoms. The summed E-state index contributed by atoms with van der Waals surface area (Å²) in [6.45, 7) is 7.84. The highest BCUT2D eigenvalue weighted by molar-refractivity contribution is 8.00. The average Bonchev–Trinajstić information content (AvgIpc) is 2.59. The molecule has 1 heterocycles. The molecule has 3 aromatic rings. The fraction of sp³-hybridized carbons (Fsp3) is 0.286. The molecule has 0 aliphatic heterocycles. The summed E-state index contributed by atoms with van der Waals surface area (Å²) in [5.41, 5.74) is 2.33. The number of carbonyl (C=O) groups excluding carboxylic acids is 1. The number of fused-ring (bicyclic) bond motifs is 1. The van der Waals surface area contributed by atoms with Gasteiger partial charge in [0.2, 0.25) is 5.91 Å². The molecule has 0 fully saturated rings. The third kappa shape index (κ3) is 4.83. The molecule has 0 atom stereocenters. The van der Waals surface area contributed by atoms with E-state index in [0.29, 0.717) is 5.82 Å². The zero-order valence-corrected chi connectivity index (χ0v) is 16.7. The molecule has 140 valence electrons. The van der Waals surface area contributed by atoms with Gasteiger partial charge in [-0.1, -0.05) is 30.0 Å². The molecule has 1 aromatic heterocycles. The minimum absolute atomic E-state index is 0.0461. The first-order chi connectivity index (χ1) is 12.7. The molecule has 0 saturated carbocycles. The van der Waals surface area contributed by atoms with Crippen molar-refractivity contribution in [3.63, 3.8) is 0 Å². The molecule has 6 heteroatoms. The van der Waals surface area contributed by atoms with E-state index in [9.17, 15) is 9.18 Å². The van der Waals surface area contributed by atoms with Crippen molar-refractivity contribution in [3.8, 4) is 11.4 Å². The van der Waals surface area contributed by atoms with Gasteiger partial charge in [0.05, 0.1) is 11.3 Å². The van der Waals surface area contributed by atoms with E-state index in [-0.39, 0.29) is 23.0 Å². The first-order valence-electron chi connectivity index (χ1n) is 8.70. The van der Waals surface area contributed by atoms with Crippen molar-refractivity contribution < 1.29 is 9.18 Å². The lowest BCUT2D eigenvalue weighted by Gasteiger charge is -2.20. The summed E-state index contributed by atoms with van der Waals surface area (Å²) in [4.78, 5) is 21.5. The number of halogens is 1. The highest BCUT2D eigenvalue weighted by atomic mass is 32.2. The standard InChI is InChI=1S/C21H22FN3OS/c1-13-6-5-7-16-18(13)23-19(14-8-10-15(22)11-9-14)24-20(16)27-12-17(26)25-21(2,3)4/h5-11H,12H2,1-4H3,(H,25,26). The number of carbonyl (C=O) groups is 1. The molecule has 0 aliphatic carbocycles. The van der Waals surface area contributed by atoms with Gasteiger partial charge in [-0.3, -0.25) is 4.79 Å². The van der Waals surface area contributed by atoms with Crippen molar-refractivity contribution in [1.29, 1.82) is 0 Å². The summed E-state index contributed by atoms with van der Waals surface area (Å²) in [6.07, 6.45) is 0. The molecule has 1 N–H and O–H groups in total. The Bertz CT molecular complexity index is 981. The third-order valence-electron chi connectivity index (χ3n) is 3.85. The Morgan fingerprint density at radius 3 is 2.48 bits per heavy atom. The summed E-state index contributed by atoms with van der Waals surface area (Å²) >= 11 is 1.38. The van der Waals surface area contributed by atoms with Crippen molar-refractivity contribution in [3.05, 3.63) is 53.8 Å². The lowest BCUT2D eigenvalue weighted by Crippen LogP contribution is -2.41. The predicted molar refractivity (Wildman–Crippen MR) is 108 cm³/mol. The number of nitrogens with zero attached hydrogens (tertiary/aromatic N) is 2. The Kier molecular flexibility index (Phi) is 5.46. The largest absolute Gasteiger partial charge is 0.351 e.